The standard InChI is InChI=1S/C36H37F3N8O/c1-4-31-33(22-41-44-31)43-32-7-6-14-47-29(21-40-34(32)47)13-11-25-19-26(9-8-24(25)3)35(48)42-28-12-10-27(30(20-28)36(37,38)39)23-46-17-15-45(5-2)16-18-46/h6-10,12,14,19-22,43H,4-5,15-18,23H2,1-3H3,(H,41,44)(H,42,48). The number of anilines is 3. The Labute approximate surface area is 277 Å². The third-order valence-corrected chi connectivity index (χ3v) is 8.68. The number of hydrogen-bond donors (Lipinski definition) is 3. The van der Waals surface area contributed by atoms with Crippen LogP contribution in [0.25, 0.3) is 5.65 Å². The van der Waals surface area contributed by atoms with Crippen molar-refractivity contribution in [3.8, 4) is 11.8 Å². The van der Waals surface area contributed by atoms with Gasteiger partial charge in [0.1, 0.15) is 5.69 Å². The minimum absolute atomic E-state index is 0.0803. The van der Waals surface area contributed by atoms with Crippen molar-refractivity contribution in [3.63, 3.8) is 0 Å². The lowest BCUT2D eigenvalue weighted by Crippen LogP contribution is -2.45. The van der Waals surface area contributed by atoms with E-state index < -0.39 is 17.6 Å². The van der Waals surface area contributed by atoms with Gasteiger partial charge in [0.25, 0.3) is 5.91 Å². The molecule has 5 aromatic rings. The normalized spacial score (nSPS) is 14.1. The third-order valence-electron chi connectivity index (χ3n) is 8.68. The summed E-state index contributed by atoms with van der Waals surface area (Å²) in [5.41, 5.74) is 5.29. The number of aromatic amines is 1. The predicted octanol–water partition coefficient (Wildman–Crippen LogP) is 6.48. The van der Waals surface area contributed by atoms with Crippen LogP contribution in [0.4, 0.5) is 30.2 Å². The van der Waals surface area contributed by atoms with Crippen molar-refractivity contribution in [2.45, 2.75) is 39.9 Å². The fraction of sp³-hybridized carbons (Fsp3) is 0.306. The number of carbonyl (C=O) groups excluding carboxylic acids is 1. The van der Waals surface area contributed by atoms with Crippen LogP contribution in [0, 0.1) is 18.8 Å². The Morgan fingerprint density at radius 3 is 2.52 bits per heavy atom. The number of piperazine rings is 1. The van der Waals surface area contributed by atoms with Gasteiger partial charge < -0.3 is 15.5 Å². The molecule has 0 bridgehead atoms. The number of pyridine rings is 1. The summed E-state index contributed by atoms with van der Waals surface area (Å²) in [4.78, 5) is 22.1. The van der Waals surface area contributed by atoms with Crippen LogP contribution in [0.15, 0.2) is 67.1 Å². The molecule has 1 saturated heterocycles. The average molecular weight is 655 g/mol. The van der Waals surface area contributed by atoms with E-state index in [9.17, 15) is 18.0 Å². The molecule has 1 amide bonds. The van der Waals surface area contributed by atoms with E-state index >= 15 is 0 Å². The molecule has 0 radical (unpaired) electrons. The van der Waals surface area contributed by atoms with Gasteiger partial charge in [-0.2, -0.15) is 18.3 Å². The number of rotatable bonds is 8. The molecule has 4 heterocycles. The lowest BCUT2D eigenvalue weighted by atomic mass is 10.0. The largest absolute Gasteiger partial charge is 0.416 e. The van der Waals surface area contributed by atoms with E-state index in [0.717, 1.165) is 54.8 Å². The van der Waals surface area contributed by atoms with E-state index in [4.69, 9.17) is 0 Å². The summed E-state index contributed by atoms with van der Waals surface area (Å²) in [5.74, 6) is 5.79. The Morgan fingerprint density at radius 2 is 1.77 bits per heavy atom. The minimum Gasteiger partial charge on any atom is -0.350 e. The SMILES string of the molecule is CCc1[nH]ncc1Nc1cccn2c(C#Cc3cc(C(=O)Nc4ccc(CN5CCN(CC)CC5)c(C(F)(F)F)c4)ccc3C)cnc12. The summed E-state index contributed by atoms with van der Waals surface area (Å²) in [6.07, 6.45) is 1.53. The minimum atomic E-state index is -4.56. The zero-order valence-electron chi connectivity index (χ0n) is 27.1. The van der Waals surface area contributed by atoms with Crippen LogP contribution in [-0.2, 0) is 19.1 Å². The van der Waals surface area contributed by atoms with Crippen molar-refractivity contribution >= 4 is 28.6 Å². The fourth-order valence-corrected chi connectivity index (χ4v) is 5.83. The summed E-state index contributed by atoms with van der Waals surface area (Å²) in [5, 5.41) is 13.1. The molecule has 1 fully saturated rings. The Hall–Kier alpha value is -5.12. The zero-order chi connectivity index (χ0) is 33.8. The summed E-state index contributed by atoms with van der Waals surface area (Å²) in [7, 11) is 0. The number of fused-ring (bicyclic) bond motifs is 1. The number of amides is 1. The highest BCUT2D eigenvalue weighted by molar-refractivity contribution is 6.04. The number of aromatic nitrogens is 4. The van der Waals surface area contributed by atoms with Crippen LogP contribution in [0.5, 0.6) is 0 Å². The van der Waals surface area contributed by atoms with Crippen molar-refractivity contribution in [1.29, 1.82) is 0 Å². The zero-order valence-corrected chi connectivity index (χ0v) is 27.1. The molecule has 0 atom stereocenters. The molecule has 3 N–H and O–H groups in total. The van der Waals surface area contributed by atoms with Crippen LogP contribution < -0.4 is 10.6 Å². The molecule has 248 valence electrons. The maximum atomic E-state index is 14.1. The molecule has 1 aliphatic rings. The van der Waals surface area contributed by atoms with Crippen molar-refractivity contribution in [2.24, 2.45) is 0 Å². The van der Waals surface area contributed by atoms with Gasteiger partial charge in [0.2, 0.25) is 0 Å². The number of imidazole rings is 1. The number of carbonyl (C=O) groups is 1. The average Bonchev–Trinajstić information content (AvgIpc) is 3.72. The number of alkyl halides is 3. The van der Waals surface area contributed by atoms with Crippen LogP contribution in [0.2, 0.25) is 0 Å². The fourth-order valence-electron chi connectivity index (χ4n) is 5.83. The molecule has 9 nitrogen and oxygen atoms in total. The maximum Gasteiger partial charge on any atom is 0.416 e. The first-order valence-corrected chi connectivity index (χ1v) is 16.0. The van der Waals surface area contributed by atoms with E-state index in [-0.39, 0.29) is 23.4 Å². The Kier molecular flexibility index (Phi) is 9.52. The number of likely N-dealkylation sites (N-methyl/N-ethyl adjacent to an activating group) is 1. The first-order chi connectivity index (χ1) is 23.1. The quantitative estimate of drug-likeness (QED) is 0.166. The van der Waals surface area contributed by atoms with Gasteiger partial charge in [-0.3, -0.25) is 19.2 Å². The van der Waals surface area contributed by atoms with Crippen molar-refractivity contribution < 1.29 is 18.0 Å². The lowest BCUT2D eigenvalue weighted by molar-refractivity contribution is -0.138. The second-order valence-electron chi connectivity index (χ2n) is 11.8. The van der Waals surface area contributed by atoms with Crippen LogP contribution in [-0.4, -0.2) is 68.0 Å². The second kappa shape index (κ2) is 13.9. The summed E-state index contributed by atoms with van der Waals surface area (Å²) >= 11 is 0. The van der Waals surface area contributed by atoms with Gasteiger partial charge in [-0.05, 0) is 73.3 Å². The number of halogens is 3. The van der Waals surface area contributed by atoms with E-state index in [0.29, 0.717) is 30.0 Å². The summed E-state index contributed by atoms with van der Waals surface area (Å²) in [6.45, 7) is 10.2. The number of benzene rings is 2. The van der Waals surface area contributed by atoms with Gasteiger partial charge in [-0.25, -0.2) is 4.98 Å². The number of hydrogen-bond acceptors (Lipinski definition) is 6. The lowest BCUT2D eigenvalue weighted by Gasteiger charge is -2.34. The predicted molar refractivity (Wildman–Crippen MR) is 180 cm³/mol. The monoisotopic (exact) mass is 654 g/mol. The molecular formula is C36H37F3N8O. The topological polar surface area (TPSA) is 93.6 Å². The summed E-state index contributed by atoms with van der Waals surface area (Å²) < 4.78 is 44.3. The van der Waals surface area contributed by atoms with Gasteiger partial charge in [-0.15, -0.1) is 0 Å². The Bertz CT molecular complexity index is 1990. The van der Waals surface area contributed by atoms with Crippen LogP contribution >= 0.6 is 0 Å². The van der Waals surface area contributed by atoms with Crippen molar-refractivity contribution in [1.82, 2.24) is 29.4 Å². The highest BCUT2D eigenvalue weighted by Crippen LogP contribution is 2.35. The first-order valence-electron chi connectivity index (χ1n) is 16.0. The second-order valence-corrected chi connectivity index (χ2v) is 11.8. The van der Waals surface area contributed by atoms with Gasteiger partial charge in [0.15, 0.2) is 5.65 Å². The van der Waals surface area contributed by atoms with Crippen molar-refractivity contribution in [3.05, 3.63) is 106 Å². The van der Waals surface area contributed by atoms with E-state index in [1.54, 1.807) is 30.6 Å². The molecule has 0 aliphatic carbocycles. The number of nitrogens with one attached hydrogen (secondary N) is 3. The molecule has 0 unspecified atom stereocenters. The van der Waals surface area contributed by atoms with Gasteiger partial charge in [0.05, 0.1) is 35.0 Å². The van der Waals surface area contributed by atoms with E-state index in [1.165, 1.54) is 12.1 Å². The van der Waals surface area contributed by atoms with Crippen LogP contribution in [0.1, 0.15) is 57.8 Å². The molecule has 0 spiro atoms. The molecule has 1 aliphatic heterocycles. The van der Waals surface area contributed by atoms with Crippen LogP contribution in [0.3, 0.4) is 0 Å². The van der Waals surface area contributed by atoms with Gasteiger partial charge >= 0.3 is 6.18 Å². The maximum absolute atomic E-state index is 14.1. The van der Waals surface area contributed by atoms with Gasteiger partial charge in [-0.1, -0.05) is 31.9 Å². The molecule has 0 saturated carbocycles. The van der Waals surface area contributed by atoms with E-state index in [2.05, 4.69) is 49.5 Å². The molecular weight excluding hydrogens is 617 g/mol. The number of H-pyrrole nitrogens is 1. The van der Waals surface area contributed by atoms with Gasteiger partial charge in [0, 0.05) is 55.7 Å². The number of aryl methyl sites for hydroxylation is 2. The molecule has 48 heavy (non-hydrogen) atoms. The Morgan fingerprint density at radius 1 is 0.979 bits per heavy atom. The molecule has 6 rings (SSSR count). The summed E-state index contributed by atoms with van der Waals surface area (Å²) in [6, 6.07) is 12.9. The molecule has 2 aromatic carbocycles. The highest BCUT2D eigenvalue weighted by Gasteiger charge is 2.34. The highest BCUT2D eigenvalue weighted by atomic mass is 19.4. The third kappa shape index (κ3) is 7.22. The molecule has 12 heteroatoms. The van der Waals surface area contributed by atoms with E-state index in [1.807, 2.05) is 41.5 Å². The smallest absolute Gasteiger partial charge is 0.350 e. The first kappa shape index (κ1) is 32.8. The molecule has 3 aromatic heterocycles. The number of nitrogens with zero attached hydrogens (tertiary/aromatic N) is 5. The Balaban J connectivity index is 1.19. The van der Waals surface area contributed by atoms with Crippen molar-refractivity contribution in [2.75, 3.05) is 43.4 Å².